The number of nitrogens with zero attached hydrogens (tertiary/aromatic N) is 3. The standard InChI is InChI=1S/C19H21FN4O3S/c1-21-19(26)17-14-10-16(27-2)15(24(28-3)8-9-25)11-23(14)22-18(17)12-4-6-13(20)7-5-12/h4-7,10-11,25H,8-9H2,1-3H3,(H,21,26). The second-order valence-electron chi connectivity index (χ2n) is 5.87. The number of ether oxygens (including phenoxy) is 1. The fraction of sp³-hybridized carbons (Fsp3) is 0.263. The Bertz CT molecular complexity index is 991. The van der Waals surface area contributed by atoms with Crippen molar-refractivity contribution >= 4 is 29.1 Å². The van der Waals surface area contributed by atoms with Crippen LogP contribution in [0.15, 0.2) is 36.5 Å². The summed E-state index contributed by atoms with van der Waals surface area (Å²) in [5.74, 6) is -0.121. The van der Waals surface area contributed by atoms with Gasteiger partial charge in [0, 0.05) is 24.9 Å². The van der Waals surface area contributed by atoms with Gasteiger partial charge in [-0.2, -0.15) is 5.10 Å². The summed E-state index contributed by atoms with van der Waals surface area (Å²) in [6.45, 7) is 0.378. The average Bonchev–Trinajstić information content (AvgIpc) is 3.09. The first-order valence-electron chi connectivity index (χ1n) is 8.55. The minimum atomic E-state index is -0.363. The molecule has 2 aromatic heterocycles. The average molecular weight is 404 g/mol. The van der Waals surface area contributed by atoms with Gasteiger partial charge in [-0.05, 0) is 24.3 Å². The van der Waals surface area contributed by atoms with Gasteiger partial charge in [-0.25, -0.2) is 8.91 Å². The maximum atomic E-state index is 13.3. The highest BCUT2D eigenvalue weighted by atomic mass is 32.2. The lowest BCUT2D eigenvalue weighted by Gasteiger charge is -2.22. The molecule has 9 heteroatoms. The van der Waals surface area contributed by atoms with E-state index >= 15 is 0 Å². The van der Waals surface area contributed by atoms with E-state index in [4.69, 9.17) is 4.74 Å². The predicted octanol–water partition coefficient (Wildman–Crippen LogP) is 2.59. The van der Waals surface area contributed by atoms with Gasteiger partial charge in [0.25, 0.3) is 5.91 Å². The monoisotopic (exact) mass is 404 g/mol. The largest absolute Gasteiger partial charge is 0.494 e. The Kier molecular flexibility index (Phi) is 6.05. The van der Waals surface area contributed by atoms with E-state index in [1.54, 1.807) is 43.1 Å². The topological polar surface area (TPSA) is 79.1 Å². The molecule has 0 saturated carbocycles. The maximum absolute atomic E-state index is 13.3. The third-order valence-electron chi connectivity index (χ3n) is 4.30. The number of hydrogen-bond acceptors (Lipinski definition) is 6. The van der Waals surface area contributed by atoms with Gasteiger partial charge >= 0.3 is 0 Å². The van der Waals surface area contributed by atoms with Crippen LogP contribution in [0.5, 0.6) is 5.75 Å². The quantitative estimate of drug-likeness (QED) is 0.590. The first-order chi connectivity index (χ1) is 13.5. The molecule has 0 unspecified atom stereocenters. The van der Waals surface area contributed by atoms with Crippen molar-refractivity contribution in [1.82, 2.24) is 14.9 Å². The van der Waals surface area contributed by atoms with Crippen LogP contribution in [0.25, 0.3) is 16.8 Å². The van der Waals surface area contributed by atoms with Crippen LogP contribution in [0.4, 0.5) is 10.1 Å². The first-order valence-corrected chi connectivity index (χ1v) is 9.73. The number of benzene rings is 1. The van der Waals surface area contributed by atoms with Crippen molar-refractivity contribution in [2.45, 2.75) is 0 Å². The Morgan fingerprint density at radius 2 is 2.11 bits per heavy atom. The molecule has 7 nitrogen and oxygen atoms in total. The Hall–Kier alpha value is -2.78. The number of anilines is 1. The van der Waals surface area contributed by atoms with Crippen LogP contribution in [0.1, 0.15) is 10.4 Å². The molecule has 1 aromatic carbocycles. The third kappa shape index (κ3) is 3.63. The Balaban J connectivity index is 2.27. The number of pyridine rings is 1. The molecule has 148 valence electrons. The zero-order valence-electron chi connectivity index (χ0n) is 15.8. The van der Waals surface area contributed by atoms with Crippen LogP contribution >= 0.6 is 11.9 Å². The van der Waals surface area contributed by atoms with E-state index in [2.05, 4.69) is 10.4 Å². The highest BCUT2D eigenvalue weighted by Crippen LogP contribution is 2.36. The van der Waals surface area contributed by atoms with E-state index < -0.39 is 0 Å². The zero-order chi connectivity index (χ0) is 20.3. The number of hydrogen-bond donors (Lipinski definition) is 2. The number of methoxy groups -OCH3 is 1. The van der Waals surface area contributed by atoms with Crippen LogP contribution in [0.2, 0.25) is 0 Å². The van der Waals surface area contributed by atoms with Gasteiger partial charge in [-0.1, -0.05) is 11.9 Å². The molecular weight excluding hydrogens is 383 g/mol. The van der Waals surface area contributed by atoms with E-state index in [1.165, 1.54) is 24.1 Å². The fourth-order valence-corrected chi connectivity index (χ4v) is 3.57. The number of carbonyl (C=O) groups is 1. The van der Waals surface area contributed by atoms with E-state index in [9.17, 15) is 14.3 Å². The number of fused-ring (bicyclic) bond motifs is 1. The lowest BCUT2D eigenvalue weighted by molar-refractivity contribution is 0.0965. The molecule has 0 bridgehead atoms. The summed E-state index contributed by atoms with van der Waals surface area (Å²) in [7, 11) is 3.09. The van der Waals surface area contributed by atoms with Crippen LogP contribution < -0.4 is 14.4 Å². The van der Waals surface area contributed by atoms with Crippen LogP contribution in [-0.2, 0) is 0 Å². The molecule has 2 heterocycles. The molecule has 3 rings (SSSR count). The number of aromatic nitrogens is 2. The van der Waals surface area contributed by atoms with Gasteiger partial charge in [0.15, 0.2) is 0 Å². The third-order valence-corrected chi connectivity index (χ3v) is 5.12. The van der Waals surface area contributed by atoms with Crippen LogP contribution in [-0.4, -0.2) is 54.2 Å². The second kappa shape index (κ2) is 8.49. The predicted molar refractivity (Wildman–Crippen MR) is 108 cm³/mol. The molecule has 1 amide bonds. The Morgan fingerprint density at radius 1 is 1.39 bits per heavy atom. The normalized spacial score (nSPS) is 10.9. The lowest BCUT2D eigenvalue weighted by atomic mass is 10.1. The van der Waals surface area contributed by atoms with Crippen molar-refractivity contribution in [1.29, 1.82) is 0 Å². The highest BCUT2D eigenvalue weighted by Gasteiger charge is 2.23. The molecule has 0 spiro atoms. The van der Waals surface area contributed by atoms with Crippen molar-refractivity contribution in [3.05, 3.63) is 47.9 Å². The van der Waals surface area contributed by atoms with Crippen LogP contribution in [0.3, 0.4) is 0 Å². The van der Waals surface area contributed by atoms with Gasteiger partial charge in [0.2, 0.25) is 0 Å². The van der Waals surface area contributed by atoms with Crippen LogP contribution in [0, 0.1) is 5.82 Å². The molecule has 0 radical (unpaired) electrons. The molecule has 0 saturated heterocycles. The first kappa shape index (κ1) is 20.0. The Labute approximate surface area is 166 Å². The van der Waals surface area contributed by atoms with E-state index in [1.807, 2.05) is 10.6 Å². The highest BCUT2D eigenvalue weighted by molar-refractivity contribution is 7.99. The van der Waals surface area contributed by atoms with Crippen molar-refractivity contribution in [3.8, 4) is 17.0 Å². The molecule has 0 fully saturated rings. The summed E-state index contributed by atoms with van der Waals surface area (Å²) < 4.78 is 22.3. The number of carbonyl (C=O) groups excluding carboxylic acids is 1. The molecule has 0 aliphatic heterocycles. The molecule has 28 heavy (non-hydrogen) atoms. The number of halogens is 1. The fourth-order valence-electron chi connectivity index (χ4n) is 2.97. The maximum Gasteiger partial charge on any atom is 0.255 e. The zero-order valence-corrected chi connectivity index (χ0v) is 16.6. The number of amides is 1. The molecule has 0 atom stereocenters. The second-order valence-corrected chi connectivity index (χ2v) is 6.68. The van der Waals surface area contributed by atoms with Crippen molar-refractivity contribution in [2.24, 2.45) is 0 Å². The molecule has 0 aliphatic rings. The van der Waals surface area contributed by atoms with E-state index in [0.717, 1.165) is 0 Å². The summed E-state index contributed by atoms with van der Waals surface area (Å²) in [6, 6.07) is 7.56. The number of rotatable bonds is 7. The number of aliphatic hydroxyl groups excluding tert-OH is 1. The van der Waals surface area contributed by atoms with Gasteiger partial charge < -0.3 is 19.5 Å². The molecule has 3 aromatic rings. The van der Waals surface area contributed by atoms with Gasteiger partial charge in [-0.3, -0.25) is 4.79 Å². The number of nitrogens with one attached hydrogen (secondary N) is 1. The van der Waals surface area contributed by atoms with Crippen molar-refractivity contribution < 1.29 is 19.0 Å². The minimum Gasteiger partial charge on any atom is -0.494 e. The van der Waals surface area contributed by atoms with Crippen molar-refractivity contribution in [2.75, 3.05) is 37.9 Å². The van der Waals surface area contributed by atoms with Gasteiger partial charge in [0.05, 0.1) is 37.5 Å². The summed E-state index contributed by atoms with van der Waals surface area (Å²) in [6.07, 6.45) is 3.64. The molecule has 0 aliphatic carbocycles. The van der Waals surface area contributed by atoms with Gasteiger partial charge in [-0.15, -0.1) is 0 Å². The van der Waals surface area contributed by atoms with E-state index in [0.29, 0.717) is 40.3 Å². The summed E-state index contributed by atoms with van der Waals surface area (Å²) in [4.78, 5) is 12.6. The SMILES string of the molecule is CNC(=O)c1c(-c2ccc(F)cc2)nn2cc(N(CCO)SC)c(OC)cc12. The number of aliphatic hydroxyl groups is 1. The van der Waals surface area contributed by atoms with Gasteiger partial charge in [0.1, 0.15) is 22.9 Å². The summed E-state index contributed by atoms with van der Waals surface area (Å²) in [5.41, 5.74) is 2.71. The smallest absolute Gasteiger partial charge is 0.255 e. The molecule has 2 N–H and O–H groups in total. The minimum absolute atomic E-state index is 0.0224. The lowest BCUT2D eigenvalue weighted by Crippen LogP contribution is -2.20. The van der Waals surface area contributed by atoms with E-state index in [-0.39, 0.29) is 18.3 Å². The molecular formula is C19H21FN4O3S. The summed E-state index contributed by atoms with van der Waals surface area (Å²) >= 11 is 1.44. The summed E-state index contributed by atoms with van der Waals surface area (Å²) in [5, 5.41) is 16.5. The Morgan fingerprint density at radius 3 is 2.68 bits per heavy atom. The van der Waals surface area contributed by atoms with Crippen molar-refractivity contribution in [3.63, 3.8) is 0 Å².